The van der Waals surface area contributed by atoms with Crippen LogP contribution in [0.3, 0.4) is 0 Å². The molecule has 0 aliphatic rings. The Kier molecular flexibility index (Phi) is 3.19. The van der Waals surface area contributed by atoms with Crippen molar-refractivity contribution in [2.24, 2.45) is 7.05 Å². The molecule has 0 bridgehead atoms. The summed E-state index contributed by atoms with van der Waals surface area (Å²) in [6.07, 6.45) is 0. The van der Waals surface area contributed by atoms with E-state index in [1.54, 1.807) is 22.9 Å². The highest BCUT2D eigenvalue weighted by Crippen LogP contribution is 2.15. The van der Waals surface area contributed by atoms with Gasteiger partial charge in [-0.05, 0) is 19.1 Å². The van der Waals surface area contributed by atoms with E-state index in [0.717, 1.165) is 5.69 Å². The summed E-state index contributed by atoms with van der Waals surface area (Å²) in [6, 6.07) is 8.97. The smallest absolute Gasteiger partial charge is 0.257 e. The zero-order valence-corrected chi connectivity index (χ0v) is 10.5. The summed E-state index contributed by atoms with van der Waals surface area (Å²) in [6.45, 7) is 1.93. The fourth-order valence-electron chi connectivity index (χ4n) is 1.47. The van der Waals surface area contributed by atoms with Gasteiger partial charge in [0.1, 0.15) is 0 Å². The molecule has 0 spiro atoms. The van der Waals surface area contributed by atoms with E-state index in [9.17, 15) is 4.79 Å². The molecule has 5 heteroatoms. The maximum absolute atomic E-state index is 11.9. The second kappa shape index (κ2) is 4.63. The minimum atomic E-state index is -0.200. The van der Waals surface area contributed by atoms with Crippen LogP contribution in [0.15, 0.2) is 35.2 Å². The van der Waals surface area contributed by atoms with Crippen molar-refractivity contribution in [3.05, 3.63) is 41.6 Å². The number of anilines is 1. The molecule has 0 fully saturated rings. The van der Waals surface area contributed by atoms with Crippen LogP contribution in [0.2, 0.25) is 0 Å². The molecule has 0 aliphatic carbocycles. The van der Waals surface area contributed by atoms with Crippen LogP contribution in [-0.2, 0) is 7.05 Å². The van der Waals surface area contributed by atoms with Crippen LogP contribution in [0.25, 0.3) is 0 Å². The third kappa shape index (κ3) is 2.50. The fraction of sp³-hybridized carbons (Fsp3) is 0.167. The van der Waals surface area contributed by atoms with Crippen molar-refractivity contribution in [3.63, 3.8) is 0 Å². The van der Waals surface area contributed by atoms with Gasteiger partial charge in [-0.25, -0.2) is 0 Å². The first kappa shape index (κ1) is 11.7. The highest BCUT2D eigenvalue weighted by molar-refractivity contribution is 7.80. The Morgan fingerprint density at radius 3 is 2.71 bits per heavy atom. The maximum Gasteiger partial charge on any atom is 0.257 e. The predicted molar refractivity (Wildman–Crippen MR) is 69.6 cm³/mol. The molecule has 1 heterocycles. The predicted octanol–water partition coefficient (Wildman–Crippen LogP) is 2.27. The van der Waals surface area contributed by atoms with Crippen molar-refractivity contribution in [2.75, 3.05) is 5.32 Å². The number of hydrogen-bond acceptors (Lipinski definition) is 3. The molecule has 1 amide bonds. The number of carbonyl (C=O) groups excluding carboxylic acids is 1. The third-order valence-corrected chi connectivity index (χ3v) is 2.89. The first-order valence-corrected chi connectivity index (χ1v) is 5.62. The maximum atomic E-state index is 11.9. The molecule has 2 rings (SSSR count). The normalized spacial score (nSPS) is 10.3. The average Bonchev–Trinajstić information content (AvgIpc) is 2.58. The molecule has 88 valence electrons. The summed E-state index contributed by atoms with van der Waals surface area (Å²) in [5.74, 6) is 0.347. The van der Waals surface area contributed by atoms with E-state index in [0.29, 0.717) is 16.3 Å². The zero-order valence-electron chi connectivity index (χ0n) is 9.64. The third-order valence-electron chi connectivity index (χ3n) is 2.50. The number of aryl methyl sites for hydroxylation is 2. The number of nitrogens with zero attached hydrogens (tertiary/aromatic N) is 2. The molecule has 0 saturated heterocycles. The van der Waals surface area contributed by atoms with Crippen LogP contribution in [0.1, 0.15) is 16.1 Å². The SMILES string of the molecule is Cc1cc(NC(=O)c2ccccc2S)nn1C. The summed E-state index contributed by atoms with van der Waals surface area (Å²) in [5, 5.41) is 6.91. The van der Waals surface area contributed by atoms with Crippen LogP contribution in [0, 0.1) is 6.92 Å². The number of carbonyl (C=O) groups is 1. The highest BCUT2D eigenvalue weighted by Gasteiger charge is 2.10. The van der Waals surface area contributed by atoms with Crippen LogP contribution in [0.4, 0.5) is 5.82 Å². The molecule has 1 N–H and O–H groups in total. The Hall–Kier alpha value is -1.75. The highest BCUT2D eigenvalue weighted by atomic mass is 32.1. The minimum absolute atomic E-state index is 0.200. The average molecular weight is 247 g/mol. The van der Waals surface area contributed by atoms with Crippen molar-refractivity contribution in [1.29, 1.82) is 0 Å². The number of benzene rings is 1. The van der Waals surface area contributed by atoms with Gasteiger partial charge in [0, 0.05) is 23.7 Å². The van der Waals surface area contributed by atoms with Gasteiger partial charge in [-0.1, -0.05) is 12.1 Å². The van der Waals surface area contributed by atoms with E-state index in [-0.39, 0.29) is 5.91 Å². The summed E-state index contributed by atoms with van der Waals surface area (Å²) >= 11 is 4.24. The summed E-state index contributed by atoms with van der Waals surface area (Å²) in [4.78, 5) is 12.6. The summed E-state index contributed by atoms with van der Waals surface area (Å²) in [7, 11) is 1.83. The van der Waals surface area contributed by atoms with Crippen LogP contribution in [-0.4, -0.2) is 15.7 Å². The van der Waals surface area contributed by atoms with E-state index in [4.69, 9.17) is 0 Å². The number of nitrogens with one attached hydrogen (secondary N) is 1. The topological polar surface area (TPSA) is 46.9 Å². The van der Waals surface area contributed by atoms with Crippen LogP contribution in [0.5, 0.6) is 0 Å². The van der Waals surface area contributed by atoms with Crippen molar-refractivity contribution in [2.45, 2.75) is 11.8 Å². The Bertz CT molecular complexity index is 543. The van der Waals surface area contributed by atoms with Gasteiger partial charge in [-0.15, -0.1) is 12.6 Å². The number of hydrogen-bond donors (Lipinski definition) is 2. The number of amides is 1. The van der Waals surface area contributed by atoms with Crippen molar-refractivity contribution in [3.8, 4) is 0 Å². The van der Waals surface area contributed by atoms with Crippen LogP contribution < -0.4 is 5.32 Å². The first-order chi connectivity index (χ1) is 8.08. The summed E-state index contributed by atoms with van der Waals surface area (Å²) < 4.78 is 1.71. The Morgan fingerprint density at radius 2 is 2.12 bits per heavy atom. The molecule has 0 atom stereocenters. The van der Waals surface area contributed by atoms with Gasteiger partial charge in [-0.2, -0.15) is 5.10 Å². The van der Waals surface area contributed by atoms with Gasteiger partial charge in [0.25, 0.3) is 5.91 Å². The molecule has 2 aromatic rings. The van der Waals surface area contributed by atoms with Crippen LogP contribution >= 0.6 is 12.6 Å². The molecule has 1 aromatic carbocycles. The van der Waals surface area contributed by atoms with Gasteiger partial charge >= 0.3 is 0 Å². The van der Waals surface area contributed by atoms with Gasteiger partial charge in [0.05, 0.1) is 5.56 Å². The monoisotopic (exact) mass is 247 g/mol. The lowest BCUT2D eigenvalue weighted by Gasteiger charge is -2.03. The number of aromatic nitrogens is 2. The second-order valence-electron chi connectivity index (χ2n) is 3.77. The van der Waals surface area contributed by atoms with Crippen molar-refractivity contribution < 1.29 is 4.79 Å². The molecule has 0 saturated carbocycles. The molecular weight excluding hydrogens is 234 g/mol. The Labute approximate surface area is 105 Å². The molecule has 17 heavy (non-hydrogen) atoms. The molecule has 1 aromatic heterocycles. The molecule has 4 nitrogen and oxygen atoms in total. The Balaban J connectivity index is 2.20. The van der Waals surface area contributed by atoms with E-state index in [2.05, 4.69) is 23.0 Å². The second-order valence-corrected chi connectivity index (χ2v) is 4.25. The number of thiol groups is 1. The van der Waals surface area contributed by atoms with Crippen molar-refractivity contribution >= 4 is 24.4 Å². The zero-order chi connectivity index (χ0) is 12.4. The van der Waals surface area contributed by atoms with Gasteiger partial charge in [0.2, 0.25) is 0 Å². The van der Waals surface area contributed by atoms with Gasteiger partial charge < -0.3 is 5.32 Å². The summed E-state index contributed by atoms with van der Waals surface area (Å²) in [5.41, 5.74) is 1.53. The minimum Gasteiger partial charge on any atom is -0.305 e. The molecule has 0 unspecified atom stereocenters. The lowest BCUT2D eigenvalue weighted by atomic mass is 10.2. The quantitative estimate of drug-likeness (QED) is 0.800. The van der Waals surface area contributed by atoms with Gasteiger partial charge in [-0.3, -0.25) is 9.48 Å². The lowest BCUT2D eigenvalue weighted by Crippen LogP contribution is -2.13. The van der Waals surface area contributed by atoms with Crippen molar-refractivity contribution in [1.82, 2.24) is 9.78 Å². The molecular formula is C12H13N3OS. The van der Waals surface area contributed by atoms with E-state index in [1.807, 2.05) is 26.1 Å². The molecule has 0 radical (unpaired) electrons. The largest absolute Gasteiger partial charge is 0.305 e. The van der Waals surface area contributed by atoms with E-state index < -0.39 is 0 Å². The fourth-order valence-corrected chi connectivity index (χ4v) is 1.73. The van der Waals surface area contributed by atoms with E-state index in [1.165, 1.54) is 0 Å². The number of rotatable bonds is 2. The lowest BCUT2D eigenvalue weighted by molar-refractivity contribution is 0.102. The standard InChI is InChI=1S/C12H13N3OS/c1-8-7-11(14-15(8)2)13-12(16)9-5-3-4-6-10(9)17/h3-7,17H,1-2H3,(H,13,14,16). The Morgan fingerprint density at radius 1 is 1.41 bits per heavy atom. The van der Waals surface area contributed by atoms with Gasteiger partial charge in [0.15, 0.2) is 5.82 Å². The molecule has 0 aliphatic heterocycles. The first-order valence-electron chi connectivity index (χ1n) is 5.18. The van der Waals surface area contributed by atoms with E-state index >= 15 is 0 Å².